The molecule has 1 N–H and O–H groups in total. The van der Waals surface area contributed by atoms with Gasteiger partial charge in [0, 0.05) is 15.4 Å². The van der Waals surface area contributed by atoms with Gasteiger partial charge in [0.05, 0.1) is 0 Å². The second-order valence-corrected chi connectivity index (χ2v) is 7.35. The lowest BCUT2D eigenvalue weighted by atomic mass is 10.0. The highest BCUT2D eigenvalue weighted by atomic mass is 79.9. The van der Waals surface area contributed by atoms with E-state index in [2.05, 4.69) is 46.5 Å². The Morgan fingerprint density at radius 2 is 1.75 bits per heavy atom. The summed E-state index contributed by atoms with van der Waals surface area (Å²) in [5.74, 6) is 0. The first-order valence-electron chi connectivity index (χ1n) is 8.25. The Labute approximate surface area is 137 Å². The molecule has 0 amide bonds. The third-order valence-electron chi connectivity index (χ3n) is 3.70. The zero-order valence-corrected chi connectivity index (χ0v) is 15.5. The number of thiophene rings is 1. The molecule has 1 atom stereocenters. The summed E-state index contributed by atoms with van der Waals surface area (Å²) >= 11 is 5.55. The Bertz CT molecular complexity index is 337. The van der Waals surface area contributed by atoms with Gasteiger partial charge in [-0.15, -0.1) is 11.3 Å². The van der Waals surface area contributed by atoms with E-state index in [-0.39, 0.29) is 0 Å². The van der Waals surface area contributed by atoms with Crippen LogP contribution in [0.1, 0.15) is 82.6 Å². The Morgan fingerprint density at radius 1 is 1.05 bits per heavy atom. The van der Waals surface area contributed by atoms with E-state index in [9.17, 15) is 0 Å². The molecule has 0 aromatic carbocycles. The lowest BCUT2D eigenvalue weighted by molar-refractivity contribution is 0.470. The van der Waals surface area contributed by atoms with Crippen molar-refractivity contribution in [2.45, 2.75) is 77.7 Å². The molecule has 1 rings (SSSR count). The molecule has 0 spiro atoms. The summed E-state index contributed by atoms with van der Waals surface area (Å²) in [5, 5.41) is 5.89. The normalized spacial score (nSPS) is 12.8. The number of unbranched alkanes of at least 4 members (excludes halogenated alkanes) is 6. The summed E-state index contributed by atoms with van der Waals surface area (Å²) < 4.78 is 1.28. The number of nitrogens with one attached hydrogen (secondary N) is 1. The molecule has 1 unspecified atom stereocenters. The zero-order valence-electron chi connectivity index (χ0n) is 13.1. The van der Waals surface area contributed by atoms with Crippen molar-refractivity contribution in [3.63, 3.8) is 0 Å². The smallest absolute Gasteiger partial charge is 0.0426 e. The first-order chi connectivity index (χ1) is 9.79. The zero-order chi connectivity index (χ0) is 14.6. The maximum atomic E-state index is 3.70. The van der Waals surface area contributed by atoms with E-state index in [0.717, 1.165) is 6.54 Å². The highest BCUT2D eigenvalue weighted by Crippen LogP contribution is 2.32. The van der Waals surface area contributed by atoms with Crippen LogP contribution in [0.2, 0.25) is 0 Å². The number of halogens is 1. The topological polar surface area (TPSA) is 12.0 Å². The van der Waals surface area contributed by atoms with Crippen molar-refractivity contribution in [2.75, 3.05) is 6.54 Å². The summed E-state index contributed by atoms with van der Waals surface area (Å²) in [5.41, 5.74) is 0. The first-order valence-corrected chi connectivity index (χ1v) is 9.93. The van der Waals surface area contributed by atoms with E-state index in [1.54, 1.807) is 0 Å². The van der Waals surface area contributed by atoms with Crippen molar-refractivity contribution in [1.82, 2.24) is 5.32 Å². The molecular weight excluding hydrogens is 330 g/mol. The van der Waals surface area contributed by atoms with E-state index in [1.165, 1.54) is 67.1 Å². The molecule has 116 valence electrons. The van der Waals surface area contributed by atoms with Crippen LogP contribution in [0.5, 0.6) is 0 Å². The second kappa shape index (κ2) is 11.8. The summed E-state index contributed by atoms with van der Waals surface area (Å²) in [6.07, 6.45) is 12.2. The number of rotatable bonds is 12. The van der Waals surface area contributed by atoms with Crippen LogP contribution in [0, 0.1) is 0 Å². The minimum Gasteiger partial charge on any atom is -0.309 e. The van der Waals surface area contributed by atoms with Crippen LogP contribution in [0.3, 0.4) is 0 Å². The summed E-state index contributed by atoms with van der Waals surface area (Å²) in [6, 6.07) is 2.71. The van der Waals surface area contributed by atoms with E-state index >= 15 is 0 Å². The van der Waals surface area contributed by atoms with Gasteiger partial charge in [-0.1, -0.05) is 58.8 Å². The number of hydrogen-bond donors (Lipinski definition) is 1. The molecule has 0 bridgehead atoms. The van der Waals surface area contributed by atoms with Crippen molar-refractivity contribution >= 4 is 27.3 Å². The SMILES string of the molecule is CCCCCCCCCC(NCCC)c1sccc1Br. The highest BCUT2D eigenvalue weighted by molar-refractivity contribution is 9.10. The van der Waals surface area contributed by atoms with Crippen molar-refractivity contribution in [3.05, 3.63) is 20.8 Å². The summed E-state index contributed by atoms with van der Waals surface area (Å²) in [7, 11) is 0. The maximum Gasteiger partial charge on any atom is 0.0426 e. The Kier molecular flexibility index (Phi) is 10.7. The Morgan fingerprint density at radius 3 is 2.35 bits per heavy atom. The van der Waals surface area contributed by atoms with Crippen LogP contribution in [-0.4, -0.2) is 6.54 Å². The summed E-state index contributed by atoms with van der Waals surface area (Å²) in [6.45, 7) is 5.63. The summed E-state index contributed by atoms with van der Waals surface area (Å²) in [4.78, 5) is 1.48. The quantitative estimate of drug-likeness (QED) is 0.409. The molecule has 1 aromatic rings. The Hall–Kier alpha value is 0.140. The third-order valence-corrected chi connectivity index (χ3v) is 5.68. The number of hydrogen-bond acceptors (Lipinski definition) is 2. The minimum absolute atomic E-state index is 0.542. The molecule has 1 heterocycles. The highest BCUT2D eigenvalue weighted by Gasteiger charge is 2.14. The monoisotopic (exact) mass is 359 g/mol. The van der Waals surface area contributed by atoms with E-state index in [4.69, 9.17) is 0 Å². The maximum absolute atomic E-state index is 3.70. The molecule has 0 aliphatic rings. The fraction of sp³-hybridized carbons (Fsp3) is 0.765. The molecule has 0 aliphatic heterocycles. The fourth-order valence-corrected chi connectivity index (χ4v) is 4.26. The molecule has 0 aliphatic carbocycles. The molecule has 0 fully saturated rings. The van der Waals surface area contributed by atoms with Crippen LogP contribution in [0.25, 0.3) is 0 Å². The molecule has 3 heteroatoms. The van der Waals surface area contributed by atoms with Gasteiger partial charge in [0.1, 0.15) is 0 Å². The van der Waals surface area contributed by atoms with Crippen molar-refractivity contribution in [2.24, 2.45) is 0 Å². The van der Waals surface area contributed by atoms with Gasteiger partial charge < -0.3 is 5.32 Å². The molecule has 20 heavy (non-hydrogen) atoms. The minimum atomic E-state index is 0.542. The van der Waals surface area contributed by atoms with Crippen LogP contribution in [-0.2, 0) is 0 Å². The second-order valence-electron chi connectivity index (χ2n) is 5.55. The van der Waals surface area contributed by atoms with Crippen LogP contribution in [0.15, 0.2) is 15.9 Å². The molecule has 1 aromatic heterocycles. The van der Waals surface area contributed by atoms with E-state index < -0.39 is 0 Å². The molecule has 1 nitrogen and oxygen atoms in total. The molecule has 0 saturated carbocycles. The average Bonchev–Trinajstić information content (AvgIpc) is 2.87. The largest absolute Gasteiger partial charge is 0.309 e. The van der Waals surface area contributed by atoms with E-state index in [0.29, 0.717) is 6.04 Å². The standard InChI is InChI=1S/C17H30BrNS/c1-3-5-6-7-8-9-10-11-16(19-13-4-2)17-15(18)12-14-20-17/h12,14,16,19H,3-11,13H2,1-2H3. The van der Waals surface area contributed by atoms with Gasteiger partial charge in [0.25, 0.3) is 0 Å². The fourth-order valence-electron chi connectivity index (χ4n) is 2.50. The van der Waals surface area contributed by atoms with Crippen molar-refractivity contribution in [3.8, 4) is 0 Å². The van der Waals surface area contributed by atoms with Crippen molar-refractivity contribution in [1.29, 1.82) is 0 Å². The predicted octanol–water partition coefficient (Wildman–Crippen LogP) is 6.69. The van der Waals surface area contributed by atoms with Gasteiger partial charge in [-0.3, -0.25) is 0 Å². The van der Waals surface area contributed by atoms with Crippen molar-refractivity contribution < 1.29 is 0 Å². The van der Waals surface area contributed by atoms with Gasteiger partial charge in [0.2, 0.25) is 0 Å². The Balaban J connectivity index is 2.26. The van der Waals surface area contributed by atoms with E-state index in [1.807, 2.05) is 11.3 Å². The predicted molar refractivity (Wildman–Crippen MR) is 95.7 cm³/mol. The lowest BCUT2D eigenvalue weighted by Gasteiger charge is -2.18. The molecular formula is C17H30BrNS. The molecule has 0 saturated heterocycles. The van der Waals surface area contributed by atoms with Crippen LogP contribution < -0.4 is 5.32 Å². The van der Waals surface area contributed by atoms with Gasteiger partial charge >= 0.3 is 0 Å². The average molecular weight is 360 g/mol. The molecule has 0 radical (unpaired) electrons. The third kappa shape index (κ3) is 7.24. The first kappa shape index (κ1) is 18.2. The van der Waals surface area contributed by atoms with Crippen LogP contribution >= 0.6 is 27.3 Å². The van der Waals surface area contributed by atoms with Gasteiger partial charge in [-0.25, -0.2) is 0 Å². The lowest BCUT2D eigenvalue weighted by Crippen LogP contribution is -2.21. The van der Waals surface area contributed by atoms with Crippen LogP contribution in [0.4, 0.5) is 0 Å². The van der Waals surface area contributed by atoms with Gasteiger partial charge in [0.15, 0.2) is 0 Å². The van der Waals surface area contributed by atoms with Gasteiger partial charge in [-0.05, 0) is 46.8 Å². The van der Waals surface area contributed by atoms with Gasteiger partial charge in [-0.2, -0.15) is 0 Å².